The molecule has 0 saturated heterocycles. The number of benzene rings is 1. The van der Waals surface area contributed by atoms with Crippen molar-refractivity contribution in [1.29, 1.82) is 0 Å². The van der Waals surface area contributed by atoms with Gasteiger partial charge in [-0.05, 0) is 31.7 Å². The number of halogens is 1. The van der Waals surface area contributed by atoms with Crippen LogP contribution in [0.4, 0.5) is 4.79 Å². The van der Waals surface area contributed by atoms with Crippen LogP contribution in [0.2, 0.25) is 5.02 Å². The van der Waals surface area contributed by atoms with E-state index < -0.39 is 18.0 Å². The number of nitrogens with one attached hydrogen (secondary N) is 1. The van der Waals surface area contributed by atoms with Crippen molar-refractivity contribution in [2.45, 2.75) is 19.5 Å². The zero-order chi connectivity index (χ0) is 13.7. The van der Waals surface area contributed by atoms with Crippen LogP contribution in [-0.4, -0.2) is 29.9 Å². The largest absolute Gasteiger partial charge is 0.351 e. The number of carbonyl (C=O) groups is 2. The summed E-state index contributed by atoms with van der Waals surface area (Å²) in [6.07, 6.45) is 0. The minimum atomic E-state index is -0.841. The van der Waals surface area contributed by atoms with Gasteiger partial charge in [0.15, 0.2) is 0 Å². The first-order chi connectivity index (χ1) is 8.40. The molecule has 3 N–H and O–H groups in total. The molecule has 1 aromatic carbocycles. The Labute approximate surface area is 111 Å². The number of hydrogen-bond acceptors (Lipinski definition) is 3. The molecule has 1 atom stereocenters. The number of likely N-dealkylation sites (N-methyl/N-ethyl adjacent to an activating group) is 1. The molecule has 0 heterocycles. The molecular formula is C12H16ClN3O2. The van der Waals surface area contributed by atoms with Gasteiger partial charge in [-0.1, -0.05) is 23.7 Å². The van der Waals surface area contributed by atoms with Crippen molar-refractivity contribution in [2.75, 3.05) is 7.05 Å². The normalized spacial score (nSPS) is 12.2. The highest BCUT2D eigenvalue weighted by atomic mass is 35.5. The topological polar surface area (TPSA) is 75.4 Å². The minimum absolute atomic E-state index is 0.418. The molecule has 6 heteroatoms. The summed E-state index contributed by atoms with van der Waals surface area (Å²) < 4.78 is 0. The predicted molar refractivity (Wildman–Crippen MR) is 70.1 cm³/mol. The molecule has 0 aliphatic rings. The molecule has 1 aromatic rings. The van der Waals surface area contributed by atoms with Crippen molar-refractivity contribution in [2.24, 2.45) is 5.73 Å². The van der Waals surface area contributed by atoms with E-state index in [2.05, 4.69) is 5.32 Å². The third-order valence-corrected chi connectivity index (χ3v) is 2.88. The number of urea groups is 1. The summed E-state index contributed by atoms with van der Waals surface area (Å²) in [5.41, 5.74) is 5.92. The maximum absolute atomic E-state index is 11.6. The molecule has 18 heavy (non-hydrogen) atoms. The second-order valence-corrected chi connectivity index (χ2v) is 4.51. The highest BCUT2D eigenvalue weighted by molar-refractivity contribution is 6.30. The molecule has 1 rings (SSSR count). The van der Waals surface area contributed by atoms with Crippen LogP contribution in [0.5, 0.6) is 0 Å². The van der Waals surface area contributed by atoms with Crippen molar-refractivity contribution >= 4 is 23.5 Å². The van der Waals surface area contributed by atoms with Crippen LogP contribution in [0, 0.1) is 0 Å². The molecule has 0 fully saturated rings. The van der Waals surface area contributed by atoms with Crippen LogP contribution < -0.4 is 11.1 Å². The molecule has 0 aliphatic heterocycles. The van der Waals surface area contributed by atoms with Crippen molar-refractivity contribution in [3.8, 4) is 0 Å². The van der Waals surface area contributed by atoms with Gasteiger partial charge in [0.1, 0.15) is 0 Å². The number of imide groups is 1. The fraction of sp³-hybridized carbons (Fsp3) is 0.333. The first-order valence-electron chi connectivity index (χ1n) is 5.45. The summed E-state index contributed by atoms with van der Waals surface area (Å²) in [6.45, 7) is 2.28. The molecule has 0 unspecified atom stereocenters. The average Bonchev–Trinajstić information content (AvgIpc) is 2.30. The van der Waals surface area contributed by atoms with Crippen molar-refractivity contribution < 1.29 is 9.59 Å². The molecule has 0 aliphatic carbocycles. The van der Waals surface area contributed by atoms with Crippen LogP contribution in [0.15, 0.2) is 24.3 Å². The van der Waals surface area contributed by atoms with Gasteiger partial charge in [0.25, 0.3) is 0 Å². The maximum Gasteiger partial charge on any atom is 0.318 e. The summed E-state index contributed by atoms with van der Waals surface area (Å²) in [4.78, 5) is 24.0. The molecule has 5 nitrogen and oxygen atoms in total. The number of nitrogens with two attached hydrogens (primary N) is 1. The molecule has 0 bridgehead atoms. The van der Waals surface area contributed by atoms with E-state index >= 15 is 0 Å². The quantitative estimate of drug-likeness (QED) is 0.866. The summed E-state index contributed by atoms with van der Waals surface area (Å²) in [5.74, 6) is -0.418. The van der Waals surface area contributed by atoms with E-state index in [1.54, 1.807) is 26.1 Å². The van der Waals surface area contributed by atoms with Crippen molar-refractivity contribution in [3.63, 3.8) is 0 Å². The van der Waals surface area contributed by atoms with Gasteiger partial charge in [-0.25, -0.2) is 4.79 Å². The second kappa shape index (κ2) is 6.37. The van der Waals surface area contributed by atoms with E-state index in [9.17, 15) is 9.59 Å². The third-order valence-electron chi connectivity index (χ3n) is 2.63. The van der Waals surface area contributed by atoms with Gasteiger partial charge in [0.05, 0.1) is 6.04 Å². The van der Waals surface area contributed by atoms with E-state index in [1.807, 2.05) is 17.0 Å². The molecule has 0 spiro atoms. The summed E-state index contributed by atoms with van der Waals surface area (Å²) >= 11 is 5.79. The Morgan fingerprint density at radius 1 is 1.39 bits per heavy atom. The lowest BCUT2D eigenvalue weighted by Crippen LogP contribution is -2.46. The highest BCUT2D eigenvalue weighted by Crippen LogP contribution is 2.12. The fourth-order valence-corrected chi connectivity index (χ4v) is 1.57. The Balaban J connectivity index is 2.59. The number of nitrogens with zero attached hydrogens (tertiary/aromatic N) is 1. The van der Waals surface area contributed by atoms with Crippen LogP contribution in [0.25, 0.3) is 0 Å². The lowest BCUT2D eigenvalue weighted by atomic mass is 10.2. The zero-order valence-electron chi connectivity index (χ0n) is 10.3. The monoisotopic (exact) mass is 269 g/mol. The first-order valence-corrected chi connectivity index (χ1v) is 5.83. The molecule has 3 amide bonds. The molecular weight excluding hydrogens is 254 g/mol. The van der Waals surface area contributed by atoms with Gasteiger partial charge in [-0.2, -0.15) is 0 Å². The van der Waals surface area contributed by atoms with Gasteiger partial charge < -0.3 is 5.73 Å². The summed E-state index contributed by atoms with van der Waals surface area (Å²) in [7, 11) is 1.79. The standard InChI is InChI=1S/C12H16ClN3O2/c1-8(11(17)15-12(14)18)16(2)7-9-3-5-10(13)6-4-9/h3-6,8H,7H2,1-2H3,(H3,14,15,17,18)/t8-/m1/s1. The summed E-state index contributed by atoms with van der Waals surface area (Å²) in [5, 5.41) is 2.72. The van der Waals surface area contributed by atoms with Gasteiger partial charge >= 0.3 is 6.03 Å². The first kappa shape index (κ1) is 14.5. The van der Waals surface area contributed by atoms with Crippen molar-refractivity contribution in [3.05, 3.63) is 34.9 Å². The van der Waals surface area contributed by atoms with E-state index in [0.717, 1.165) is 5.56 Å². The number of hydrogen-bond donors (Lipinski definition) is 2. The minimum Gasteiger partial charge on any atom is -0.351 e. The Hall–Kier alpha value is -1.59. The third kappa shape index (κ3) is 4.35. The number of rotatable bonds is 4. The zero-order valence-corrected chi connectivity index (χ0v) is 11.1. The van der Waals surface area contributed by atoms with E-state index in [1.165, 1.54) is 0 Å². The average molecular weight is 270 g/mol. The van der Waals surface area contributed by atoms with Crippen LogP contribution in [0.1, 0.15) is 12.5 Å². The lowest BCUT2D eigenvalue weighted by molar-refractivity contribution is -0.124. The van der Waals surface area contributed by atoms with Gasteiger partial charge in [0, 0.05) is 11.6 Å². The van der Waals surface area contributed by atoms with Gasteiger partial charge in [-0.3, -0.25) is 15.0 Å². The number of primary amides is 1. The van der Waals surface area contributed by atoms with E-state index in [4.69, 9.17) is 17.3 Å². The molecule has 0 aromatic heterocycles. The van der Waals surface area contributed by atoms with Crippen LogP contribution in [0.3, 0.4) is 0 Å². The fourth-order valence-electron chi connectivity index (χ4n) is 1.44. The Morgan fingerprint density at radius 3 is 2.44 bits per heavy atom. The Kier molecular flexibility index (Phi) is 5.12. The summed E-state index contributed by atoms with van der Waals surface area (Å²) in [6, 6.07) is 6.06. The maximum atomic E-state index is 11.6. The number of carbonyl (C=O) groups excluding carboxylic acids is 2. The molecule has 0 radical (unpaired) electrons. The van der Waals surface area contributed by atoms with Gasteiger partial charge in [0.2, 0.25) is 5.91 Å². The highest BCUT2D eigenvalue weighted by Gasteiger charge is 2.19. The van der Waals surface area contributed by atoms with E-state index in [0.29, 0.717) is 11.6 Å². The Bertz CT molecular complexity index is 433. The Morgan fingerprint density at radius 2 is 1.94 bits per heavy atom. The number of amides is 3. The van der Waals surface area contributed by atoms with Gasteiger partial charge in [-0.15, -0.1) is 0 Å². The van der Waals surface area contributed by atoms with Crippen LogP contribution >= 0.6 is 11.6 Å². The van der Waals surface area contributed by atoms with E-state index in [-0.39, 0.29) is 0 Å². The lowest BCUT2D eigenvalue weighted by Gasteiger charge is -2.23. The van der Waals surface area contributed by atoms with Crippen molar-refractivity contribution in [1.82, 2.24) is 10.2 Å². The van der Waals surface area contributed by atoms with Crippen LogP contribution in [-0.2, 0) is 11.3 Å². The molecule has 98 valence electrons. The predicted octanol–water partition coefficient (Wildman–Crippen LogP) is 1.36. The molecule has 0 saturated carbocycles. The second-order valence-electron chi connectivity index (χ2n) is 4.07. The SMILES string of the molecule is C[C@H](C(=O)NC(N)=O)N(C)Cc1ccc(Cl)cc1. The smallest absolute Gasteiger partial charge is 0.318 e.